The number of rotatable bonds is 12. The Balaban J connectivity index is 0.000000174. The summed E-state index contributed by atoms with van der Waals surface area (Å²) in [7, 11) is -7.76. The normalized spacial score (nSPS) is 18.4. The minimum Gasteiger partial charge on any atom is -0.393 e. The van der Waals surface area contributed by atoms with Crippen molar-refractivity contribution in [3.05, 3.63) is 181 Å². The molecule has 4 N–H and O–H groups in total. The van der Waals surface area contributed by atoms with Gasteiger partial charge in [0.25, 0.3) is 31.9 Å². The first kappa shape index (κ1) is 48.2. The summed E-state index contributed by atoms with van der Waals surface area (Å²) >= 11 is 0. The maximum atomic E-state index is 13.6. The van der Waals surface area contributed by atoms with Crippen LogP contribution in [-0.2, 0) is 20.0 Å². The Morgan fingerprint density at radius 2 is 0.800 bits per heavy atom. The van der Waals surface area contributed by atoms with Gasteiger partial charge in [0.15, 0.2) is 0 Å². The molecule has 2 aromatic heterocycles. The number of benzene rings is 6. The van der Waals surface area contributed by atoms with E-state index in [0.717, 1.165) is 84.4 Å². The highest BCUT2D eigenvalue weighted by Crippen LogP contribution is 2.35. The van der Waals surface area contributed by atoms with Crippen molar-refractivity contribution in [3.63, 3.8) is 0 Å². The van der Waals surface area contributed by atoms with E-state index in [1.54, 1.807) is 24.5 Å². The number of para-hydroxylation sites is 2. The Morgan fingerprint density at radius 3 is 1.17 bits per heavy atom. The molecule has 0 bridgehead atoms. The van der Waals surface area contributed by atoms with Crippen LogP contribution < -0.4 is 10.6 Å². The van der Waals surface area contributed by atoms with Crippen molar-refractivity contribution >= 4 is 53.7 Å². The highest BCUT2D eigenvalue weighted by Gasteiger charge is 2.27. The summed E-state index contributed by atoms with van der Waals surface area (Å²) in [6.45, 7) is 0.829. The first-order valence-corrected chi connectivity index (χ1v) is 26.7. The quantitative estimate of drug-likeness (QED) is 0.0936. The molecular formula is C56H56N4O8S2. The SMILES string of the molecule is O=C(NC[C@@H]1CCCC[C@@H]1O)c1ccc(S(=O)(=O)n2cc(-c3ccccc3)c3ccccc32)cc1.O=C(NC[C@H]1CCCC[C@H]1O)c1ccc(S(=O)(=O)n2cc(-c3ccccc3)c3ccccc32)cc1. The summed E-state index contributed by atoms with van der Waals surface area (Å²) in [5.41, 5.74) is 5.52. The molecule has 10 rings (SSSR count). The van der Waals surface area contributed by atoms with Crippen LogP contribution in [-0.4, -0.2) is 72.1 Å². The van der Waals surface area contributed by atoms with Gasteiger partial charge in [-0.15, -0.1) is 0 Å². The van der Waals surface area contributed by atoms with E-state index in [1.165, 1.54) is 56.5 Å². The molecule has 2 fully saturated rings. The van der Waals surface area contributed by atoms with Crippen molar-refractivity contribution in [2.24, 2.45) is 11.8 Å². The lowest BCUT2D eigenvalue weighted by atomic mass is 9.86. The van der Waals surface area contributed by atoms with Crippen molar-refractivity contribution in [3.8, 4) is 22.3 Å². The number of aliphatic hydroxyl groups excluding tert-OH is 2. The number of fused-ring (bicyclic) bond motifs is 2. The molecule has 2 saturated carbocycles. The van der Waals surface area contributed by atoms with Crippen LogP contribution in [0, 0.1) is 11.8 Å². The van der Waals surface area contributed by atoms with E-state index >= 15 is 0 Å². The minimum atomic E-state index is -3.88. The van der Waals surface area contributed by atoms with Gasteiger partial charge in [-0.3, -0.25) is 9.59 Å². The van der Waals surface area contributed by atoms with Gasteiger partial charge in [0.2, 0.25) is 0 Å². The van der Waals surface area contributed by atoms with Crippen molar-refractivity contribution in [2.75, 3.05) is 13.1 Å². The topological polar surface area (TPSA) is 177 Å². The highest BCUT2D eigenvalue weighted by molar-refractivity contribution is 7.90. The molecule has 0 saturated heterocycles. The zero-order chi connectivity index (χ0) is 48.8. The molecule has 0 aliphatic heterocycles. The van der Waals surface area contributed by atoms with Crippen molar-refractivity contribution in [2.45, 2.75) is 73.4 Å². The lowest BCUT2D eigenvalue weighted by Gasteiger charge is -2.27. The van der Waals surface area contributed by atoms with Crippen LogP contribution >= 0.6 is 0 Å². The van der Waals surface area contributed by atoms with Gasteiger partial charge >= 0.3 is 0 Å². The molecule has 6 aromatic carbocycles. The number of aliphatic hydroxyl groups is 2. The fourth-order valence-corrected chi connectivity index (χ4v) is 12.4. The molecule has 12 nitrogen and oxygen atoms in total. The molecule has 8 aromatic rings. The van der Waals surface area contributed by atoms with E-state index < -0.39 is 20.0 Å². The molecular weight excluding hydrogens is 921 g/mol. The molecule has 0 unspecified atom stereocenters. The number of amides is 2. The van der Waals surface area contributed by atoms with Crippen molar-refractivity contribution in [1.82, 2.24) is 18.6 Å². The molecule has 70 heavy (non-hydrogen) atoms. The third-order valence-electron chi connectivity index (χ3n) is 13.7. The predicted octanol–water partition coefficient (Wildman–Crippen LogP) is 9.65. The Morgan fingerprint density at radius 1 is 0.457 bits per heavy atom. The van der Waals surface area contributed by atoms with E-state index in [4.69, 9.17) is 0 Å². The maximum Gasteiger partial charge on any atom is 0.268 e. The fraction of sp³-hybridized carbons (Fsp3) is 0.250. The largest absolute Gasteiger partial charge is 0.393 e. The molecule has 0 radical (unpaired) electrons. The van der Waals surface area contributed by atoms with Gasteiger partial charge in [-0.05, 0) is 97.5 Å². The van der Waals surface area contributed by atoms with Gasteiger partial charge < -0.3 is 20.8 Å². The summed E-state index contributed by atoms with van der Waals surface area (Å²) in [4.78, 5) is 25.4. The Bertz CT molecular complexity index is 3110. The summed E-state index contributed by atoms with van der Waals surface area (Å²) in [6, 6.07) is 46.2. The molecule has 360 valence electrons. The average Bonchev–Trinajstić information content (AvgIpc) is 4.00. The number of hydrogen-bond acceptors (Lipinski definition) is 8. The predicted molar refractivity (Wildman–Crippen MR) is 273 cm³/mol. The molecule has 14 heteroatoms. The van der Waals surface area contributed by atoms with Crippen LogP contribution in [0.4, 0.5) is 0 Å². The maximum absolute atomic E-state index is 13.6. The van der Waals surface area contributed by atoms with E-state index in [0.29, 0.717) is 35.2 Å². The fourth-order valence-electron chi connectivity index (χ4n) is 9.68. The number of hydrogen-bond donors (Lipinski definition) is 4. The minimum absolute atomic E-state index is 0.0631. The standard InChI is InChI=1S/2C28H28N2O4S/c2*31-27-13-7-4-10-22(27)18-29-28(32)21-14-16-23(17-15-21)35(33,34)30-19-25(20-8-2-1-3-9-20)24-11-5-6-12-26(24)30/h2*1-3,5-6,8-9,11-12,14-17,19,22,27,31H,4,7,10,13,18H2,(H,29,32)/t2*22-,27-/m10/s1. The van der Waals surface area contributed by atoms with E-state index in [1.807, 2.05) is 97.1 Å². The van der Waals surface area contributed by atoms with Crippen LogP contribution in [0.25, 0.3) is 44.1 Å². The van der Waals surface area contributed by atoms with Gasteiger partial charge in [0.05, 0.1) is 33.0 Å². The van der Waals surface area contributed by atoms with Gasteiger partial charge in [-0.1, -0.05) is 123 Å². The van der Waals surface area contributed by atoms with E-state index in [2.05, 4.69) is 10.6 Å². The second-order valence-corrected chi connectivity index (χ2v) is 21.8. The highest BCUT2D eigenvalue weighted by atomic mass is 32.2. The van der Waals surface area contributed by atoms with Crippen LogP contribution in [0.5, 0.6) is 0 Å². The zero-order valence-electron chi connectivity index (χ0n) is 38.6. The summed E-state index contributed by atoms with van der Waals surface area (Å²) in [5, 5.41) is 27.7. The Hall–Kier alpha value is -6.84. The first-order valence-electron chi connectivity index (χ1n) is 23.8. The average molecular weight is 977 g/mol. The summed E-state index contributed by atoms with van der Waals surface area (Å²) < 4.78 is 56.9. The van der Waals surface area contributed by atoms with Gasteiger partial charge in [0.1, 0.15) is 0 Å². The summed E-state index contributed by atoms with van der Waals surface area (Å²) in [5.74, 6) is -0.421. The van der Waals surface area contributed by atoms with Crippen LogP contribution in [0.15, 0.2) is 180 Å². The van der Waals surface area contributed by atoms with E-state index in [9.17, 15) is 36.6 Å². The second kappa shape index (κ2) is 21.0. The van der Waals surface area contributed by atoms with Crippen LogP contribution in [0.3, 0.4) is 0 Å². The number of carbonyl (C=O) groups excluding carboxylic acids is 2. The molecule has 2 amide bonds. The number of aromatic nitrogens is 2. The molecule has 0 spiro atoms. The lowest BCUT2D eigenvalue weighted by molar-refractivity contribution is 0.0656. The lowest BCUT2D eigenvalue weighted by Crippen LogP contribution is -2.36. The number of carbonyl (C=O) groups is 2. The zero-order valence-corrected chi connectivity index (χ0v) is 40.2. The van der Waals surface area contributed by atoms with Gasteiger partial charge in [0, 0.05) is 70.3 Å². The third kappa shape index (κ3) is 10.2. The molecule has 4 atom stereocenters. The second-order valence-electron chi connectivity index (χ2n) is 18.1. The van der Waals surface area contributed by atoms with Gasteiger partial charge in [-0.2, -0.15) is 0 Å². The summed E-state index contributed by atoms with van der Waals surface area (Å²) in [6.07, 6.45) is 10.0. The Labute approximate surface area is 408 Å². The van der Waals surface area contributed by atoms with E-state index in [-0.39, 0.29) is 45.6 Å². The van der Waals surface area contributed by atoms with Gasteiger partial charge in [-0.25, -0.2) is 24.8 Å². The number of nitrogens with one attached hydrogen (secondary N) is 2. The number of nitrogens with zero attached hydrogens (tertiary/aromatic N) is 2. The van der Waals surface area contributed by atoms with Crippen LogP contribution in [0.1, 0.15) is 72.1 Å². The molecule has 2 aliphatic carbocycles. The van der Waals surface area contributed by atoms with Crippen molar-refractivity contribution in [1.29, 1.82) is 0 Å². The smallest absolute Gasteiger partial charge is 0.268 e. The first-order chi connectivity index (χ1) is 33.9. The molecule has 2 heterocycles. The monoisotopic (exact) mass is 976 g/mol. The van der Waals surface area contributed by atoms with Crippen LogP contribution in [0.2, 0.25) is 0 Å². The molecule has 2 aliphatic rings. The van der Waals surface area contributed by atoms with Crippen molar-refractivity contribution < 1.29 is 36.6 Å². The Kier molecular flexibility index (Phi) is 14.5. The third-order valence-corrected chi connectivity index (χ3v) is 17.0.